The molecule has 1 unspecified atom stereocenters. The van der Waals surface area contributed by atoms with Crippen LogP contribution < -0.4 is 0 Å². The maximum Gasteiger partial charge on any atom is 0.306 e. The number of carbonyl (C=O) groups excluding carboxylic acids is 3. The summed E-state index contributed by atoms with van der Waals surface area (Å²) in [4.78, 5) is 38.3. The molecule has 0 radical (unpaired) electrons. The van der Waals surface area contributed by atoms with E-state index in [2.05, 4.69) is 106 Å². The van der Waals surface area contributed by atoms with E-state index in [1.807, 2.05) is 0 Å². The summed E-state index contributed by atoms with van der Waals surface area (Å²) in [7, 11) is 0. The molecule has 0 saturated carbocycles. The lowest BCUT2D eigenvalue weighted by atomic mass is 10.1. The monoisotopic (exact) mass is 1060 g/mol. The highest BCUT2D eigenvalue weighted by Crippen LogP contribution is 2.16. The van der Waals surface area contributed by atoms with Gasteiger partial charge in [0.15, 0.2) is 6.10 Å². The third-order valence-electron chi connectivity index (χ3n) is 14.1. The first kappa shape index (κ1) is 72.6. The van der Waals surface area contributed by atoms with Crippen molar-refractivity contribution >= 4 is 17.9 Å². The Morgan fingerprint density at radius 3 is 0.842 bits per heavy atom. The summed E-state index contributed by atoms with van der Waals surface area (Å²) in [6.45, 7) is 6.52. The van der Waals surface area contributed by atoms with Crippen LogP contribution in [0.1, 0.15) is 323 Å². The van der Waals surface area contributed by atoms with Crippen molar-refractivity contribution in [2.24, 2.45) is 0 Å². The molecule has 0 aromatic carbocycles. The van der Waals surface area contributed by atoms with E-state index >= 15 is 0 Å². The van der Waals surface area contributed by atoms with Gasteiger partial charge in [0.1, 0.15) is 13.2 Å². The van der Waals surface area contributed by atoms with Crippen LogP contribution in [-0.2, 0) is 28.6 Å². The second kappa shape index (κ2) is 64.1. The number of allylic oxidation sites excluding steroid dienone is 14. The predicted octanol–water partition coefficient (Wildman–Crippen LogP) is 22.3. The molecule has 0 heterocycles. The van der Waals surface area contributed by atoms with Crippen molar-refractivity contribution in [2.75, 3.05) is 13.2 Å². The maximum absolute atomic E-state index is 12.9. The lowest BCUT2D eigenvalue weighted by molar-refractivity contribution is -0.167. The summed E-state index contributed by atoms with van der Waals surface area (Å²) < 4.78 is 16.9. The van der Waals surface area contributed by atoms with Crippen molar-refractivity contribution in [1.29, 1.82) is 0 Å². The topological polar surface area (TPSA) is 78.9 Å². The van der Waals surface area contributed by atoms with Crippen molar-refractivity contribution in [3.63, 3.8) is 0 Å². The molecule has 0 aromatic rings. The summed E-state index contributed by atoms with van der Waals surface area (Å²) in [6, 6.07) is 0. The van der Waals surface area contributed by atoms with Crippen molar-refractivity contribution in [1.82, 2.24) is 0 Å². The first-order valence-electron chi connectivity index (χ1n) is 32.6. The normalized spacial score (nSPS) is 12.6. The van der Waals surface area contributed by atoms with E-state index in [-0.39, 0.29) is 31.1 Å². The number of rotatable bonds is 59. The molecule has 0 fully saturated rings. The molecule has 0 aliphatic heterocycles. The summed E-state index contributed by atoms with van der Waals surface area (Å²) in [6.07, 6.45) is 84.5. The van der Waals surface area contributed by atoms with Gasteiger partial charge in [-0.05, 0) is 116 Å². The predicted molar refractivity (Wildman–Crippen MR) is 330 cm³/mol. The van der Waals surface area contributed by atoms with Crippen LogP contribution in [0.4, 0.5) is 0 Å². The standard InChI is InChI=1S/C70H122O6/c1-4-7-10-13-16-19-22-25-27-29-31-33-34-35-36-38-39-41-43-45-48-51-54-57-60-63-69(72)75-66-67(65-74-68(71)62-59-56-53-50-47-24-21-18-15-12-9-6-3)76-70(73)64-61-58-55-52-49-46-44-42-40-37-32-30-28-26-23-20-17-14-11-8-5-2/h7,10,16,18-19,21,25,27,30-33,35-36,67H,4-6,8-9,11-15,17,20,22-24,26,28-29,34,37-66H2,1-3H3/b10-7-,19-16-,21-18-,27-25-,32-30-,33-31-,36-35-. The lowest BCUT2D eigenvalue weighted by Gasteiger charge is -2.18. The number of hydrogen-bond donors (Lipinski definition) is 0. The fraction of sp³-hybridized carbons (Fsp3) is 0.757. The minimum absolute atomic E-state index is 0.0818. The van der Waals surface area contributed by atoms with Crippen molar-refractivity contribution in [2.45, 2.75) is 329 Å². The number of esters is 3. The summed E-state index contributed by atoms with van der Waals surface area (Å²) >= 11 is 0. The summed E-state index contributed by atoms with van der Waals surface area (Å²) in [5.74, 6) is -0.886. The highest BCUT2D eigenvalue weighted by Gasteiger charge is 2.19. The highest BCUT2D eigenvalue weighted by molar-refractivity contribution is 5.71. The van der Waals surface area contributed by atoms with Crippen LogP contribution in [-0.4, -0.2) is 37.2 Å². The molecule has 0 saturated heterocycles. The van der Waals surface area contributed by atoms with Crippen LogP contribution in [0.5, 0.6) is 0 Å². The van der Waals surface area contributed by atoms with E-state index in [9.17, 15) is 14.4 Å². The molecule has 0 spiro atoms. The van der Waals surface area contributed by atoms with Crippen molar-refractivity contribution in [3.05, 3.63) is 85.1 Å². The van der Waals surface area contributed by atoms with Gasteiger partial charge in [-0.3, -0.25) is 14.4 Å². The number of unbranched alkanes of at least 4 members (excludes halogenated alkanes) is 34. The Labute approximate surface area is 471 Å². The zero-order valence-electron chi connectivity index (χ0n) is 50.3. The van der Waals surface area contributed by atoms with E-state index in [0.717, 1.165) is 103 Å². The summed E-state index contributed by atoms with van der Waals surface area (Å²) in [5, 5.41) is 0. The smallest absolute Gasteiger partial charge is 0.306 e. The molecule has 0 aromatic heterocycles. The SMILES string of the molecule is CC/C=C\C/C=C\C/C=C\C/C=C\C/C=C\CCCCCCCCCCCC(=O)OCC(COC(=O)CCCCCCC/C=C\CCCCC)OC(=O)CCCCCCCCCCC/C=C\CCCCCCCCCC. The van der Waals surface area contributed by atoms with Crippen LogP contribution in [0.25, 0.3) is 0 Å². The van der Waals surface area contributed by atoms with Gasteiger partial charge in [0, 0.05) is 19.3 Å². The maximum atomic E-state index is 12.9. The van der Waals surface area contributed by atoms with Gasteiger partial charge in [-0.25, -0.2) is 0 Å². The first-order chi connectivity index (χ1) is 37.5. The molecule has 438 valence electrons. The molecule has 6 nitrogen and oxygen atoms in total. The average molecular weight is 1060 g/mol. The zero-order chi connectivity index (χ0) is 55.0. The molecule has 0 amide bonds. The van der Waals surface area contributed by atoms with Crippen LogP contribution in [0.3, 0.4) is 0 Å². The molecule has 6 heteroatoms. The minimum Gasteiger partial charge on any atom is -0.462 e. The van der Waals surface area contributed by atoms with Gasteiger partial charge in [0.2, 0.25) is 0 Å². The second-order valence-corrected chi connectivity index (χ2v) is 21.6. The first-order valence-corrected chi connectivity index (χ1v) is 32.6. The van der Waals surface area contributed by atoms with Gasteiger partial charge in [-0.1, -0.05) is 273 Å². The quantitative estimate of drug-likeness (QED) is 0.0261. The molecule has 0 aliphatic carbocycles. The Bertz CT molecular complexity index is 1450. The van der Waals surface area contributed by atoms with Crippen LogP contribution in [0, 0.1) is 0 Å². The Morgan fingerprint density at radius 2 is 0.513 bits per heavy atom. The van der Waals surface area contributed by atoms with Crippen molar-refractivity contribution < 1.29 is 28.6 Å². The fourth-order valence-electron chi connectivity index (χ4n) is 9.23. The van der Waals surface area contributed by atoms with E-state index in [1.54, 1.807) is 0 Å². The zero-order valence-corrected chi connectivity index (χ0v) is 50.3. The van der Waals surface area contributed by atoms with Gasteiger partial charge >= 0.3 is 17.9 Å². The van der Waals surface area contributed by atoms with Gasteiger partial charge in [-0.15, -0.1) is 0 Å². The molecule has 0 rings (SSSR count). The second-order valence-electron chi connectivity index (χ2n) is 21.6. The Morgan fingerprint density at radius 1 is 0.276 bits per heavy atom. The van der Waals surface area contributed by atoms with Crippen molar-refractivity contribution in [3.8, 4) is 0 Å². The molecule has 0 N–H and O–H groups in total. The third kappa shape index (κ3) is 61.4. The van der Waals surface area contributed by atoms with Crippen LogP contribution >= 0.6 is 0 Å². The van der Waals surface area contributed by atoms with Crippen LogP contribution in [0.2, 0.25) is 0 Å². The Hall–Kier alpha value is -3.41. The molecular weight excluding hydrogens is 937 g/mol. The molecule has 0 aliphatic rings. The van der Waals surface area contributed by atoms with E-state index in [0.29, 0.717) is 19.3 Å². The van der Waals surface area contributed by atoms with E-state index < -0.39 is 6.10 Å². The van der Waals surface area contributed by atoms with Gasteiger partial charge in [0.05, 0.1) is 0 Å². The molecule has 1 atom stereocenters. The number of carbonyl (C=O) groups is 3. The van der Waals surface area contributed by atoms with Crippen LogP contribution in [0.15, 0.2) is 85.1 Å². The van der Waals surface area contributed by atoms with Gasteiger partial charge in [0.25, 0.3) is 0 Å². The van der Waals surface area contributed by atoms with E-state index in [4.69, 9.17) is 14.2 Å². The fourth-order valence-corrected chi connectivity index (χ4v) is 9.23. The molecule has 0 bridgehead atoms. The largest absolute Gasteiger partial charge is 0.462 e. The molecular formula is C70H122O6. The lowest BCUT2D eigenvalue weighted by Crippen LogP contribution is -2.30. The highest BCUT2D eigenvalue weighted by atomic mass is 16.6. The minimum atomic E-state index is -0.784. The summed E-state index contributed by atoms with van der Waals surface area (Å²) in [5.41, 5.74) is 0. The van der Waals surface area contributed by atoms with Gasteiger partial charge in [-0.2, -0.15) is 0 Å². The van der Waals surface area contributed by atoms with E-state index in [1.165, 1.54) is 180 Å². The van der Waals surface area contributed by atoms with Gasteiger partial charge < -0.3 is 14.2 Å². The number of hydrogen-bond acceptors (Lipinski definition) is 6. The Kier molecular flexibility index (Phi) is 61.2. The average Bonchev–Trinajstić information content (AvgIpc) is 3.42. The molecule has 76 heavy (non-hydrogen) atoms. The number of ether oxygens (including phenoxy) is 3. The third-order valence-corrected chi connectivity index (χ3v) is 14.1. The Balaban J connectivity index is 4.31.